The van der Waals surface area contributed by atoms with Gasteiger partial charge in [-0.15, -0.1) is 0 Å². The smallest absolute Gasteiger partial charge is 0.343 e. The number of nitrogens with zero attached hydrogens (tertiary/aromatic N) is 2. The summed E-state index contributed by atoms with van der Waals surface area (Å²) >= 11 is 0. The molecule has 3 atom stereocenters. The predicted molar refractivity (Wildman–Crippen MR) is 131 cm³/mol. The highest BCUT2D eigenvalue weighted by molar-refractivity contribution is 6.37. The third kappa shape index (κ3) is 1.87. The predicted octanol–water partition coefficient (Wildman–Crippen LogP) is 4.60. The van der Waals surface area contributed by atoms with E-state index in [0.29, 0.717) is 0 Å². The van der Waals surface area contributed by atoms with Crippen LogP contribution in [0.25, 0.3) is 54.4 Å². The molecule has 5 heterocycles. The Bertz CT molecular complexity index is 1930. The molecule has 0 spiro atoms. The Balaban J connectivity index is 1.76. The molecule has 2 aliphatic heterocycles. The first kappa shape index (κ1) is 19.3. The first-order valence-corrected chi connectivity index (χ1v) is 11.6. The van der Waals surface area contributed by atoms with Gasteiger partial charge in [-0.25, -0.2) is 4.79 Å². The number of aromatic hydroxyl groups is 1. The van der Waals surface area contributed by atoms with Gasteiger partial charge < -0.3 is 33.8 Å². The molecule has 6 aromatic rings. The van der Waals surface area contributed by atoms with Crippen LogP contribution >= 0.6 is 0 Å². The van der Waals surface area contributed by atoms with E-state index in [1.165, 1.54) is 7.11 Å². The van der Waals surface area contributed by atoms with Gasteiger partial charge in [0, 0.05) is 39.5 Å². The molecule has 1 saturated heterocycles. The Hall–Kier alpha value is -4.01. The second-order valence-electron chi connectivity index (χ2n) is 9.72. The number of para-hydroxylation sites is 2. The molecule has 3 aromatic carbocycles. The molecule has 0 aliphatic carbocycles. The summed E-state index contributed by atoms with van der Waals surface area (Å²) in [6, 6.07) is 15.8. The number of H-pyrrole nitrogens is 1. The quantitative estimate of drug-likeness (QED) is 0.307. The van der Waals surface area contributed by atoms with Gasteiger partial charge in [0.25, 0.3) is 0 Å². The molecule has 35 heavy (non-hydrogen) atoms. The molecule has 0 radical (unpaired) electrons. The van der Waals surface area contributed by atoms with E-state index >= 15 is 0 Å². The van der Waals surface area contributed by atoms with Gasteiger partial charge in [-0.2, -0.15) is 0 Å². The van der Waals surface area contributed by atoms with Crippen molar-refractivity contribution >= 4 is 60.4 Å². The maximum Gasteiger partial charge on any atom is 0.343 e. The van der Waals surface area contributed by atoms with E-state index in [2.05, 4.69) is 9.55 Å². The van der Waals surface area contributed by atoms with Crippen LogP contribution in [-0.4, -0.2) is 43.0 Å². The van der Waals surface area contributed by atoms with Crippen molar-refractivity contribution in [2.45, 2.75) is 30.9 Å². The monoisotopic (exact) mass is 467 g/mol. The number of carbonyl (C=O) groups is 1. The average molecular weight is 467 g/mol. The van der Waals surface area contributed by atoms with E-state index in [1.54, 1.807) is 6.92 Å². The third-order valence-electron chi connectivity index (χ3n) is 8.23. The molecule has 0 amide bonds. The van der Waals surface area contributed by atoms with E-state index in [-0.39, 0.29) is 12.3 Å². The molecule has 8 nitrogen and oxygen atoms in total. The summed E-state index contributed by atoms with van der Waals surface area (Å²) < 4.78 is 15.8. The van der Waals surface area contributed by atoms with E-state index in [4.69, 9.17) is 9.47 Å². The number of ether oxygens (including phenoxy) is 2. The second kappa shape index (κ2) is 5.79. The maximum absolute atomic E-state index is 13.1. The van der Waals surface area contributed by atoms with Gasteiger partial charge >= 0.3 is 5.97 Å². The first-order chi connectivity index (χ1) is 16.9. The van der Waals surface area contributed by atoms with Crippen LogP contribution in [0, 0.1) is 0 Å². The fraction of sp³-hybridized carbons (Fsp3) is 0.222. The number of hydrogen-bond donors (Lipinski definition) is 3. The van der Waals surface area contributed by atoms with E-state index in [9.17, 15) is 15.0 Å². The Morgan fingerprint density at radius 3 is 2.46 bits per heavy atom. The Labute approximate surface area is 197 Å². The number of aromatic amines is 1. The number of nitrogens with one attached hydrogen (secondary N) is 1. The number of aliphatic hydroxyl groups is 1. The standard InChI is InChI=1S/C27H21N3O5/c1-26-27(33,25(32)34-2)11-18(35-26)29-16-9-5-3-7-13(16)20-21-15(12-28-24(21)31)19-14-8-4-6-10-17(14)30(26)23(19)22(20)29/h3-10,12,18,28,31,33H,11H2,1-2H3/t18?,26-,27-/m0/s1. The number of rotatable bonds is 1. The number of methoxy groups -OCH3 is 1. The molecule has 2 aliphatic rings. The highest BCUT2D eigenvalue weighted by Crippen LogP contribution is 2.58. The van der Waals surface area contributed by atoms with Crippen molar-refractivity contribution in [3.8, 4) is 5.88 Å². The van der Waals surface area contributed by atoms with Gasteiger partial charge in [0.2, 0.25) is 5.60 Å². The van der Waals surface area contributed by atoms with Gasteiger partial charge in [-0.05, 0) is 19.1 Å². The normalized spacial score (nSPS) is 25.5. The second-order valence-corrected chi connectivity index (χ2v) is 9.72. The van der Waals surface area contributed by atoms with Crippen molar-refractivity contribution in [1.82, 2.24) is 14.1 Å². The zero-order valence-electron chi connectivity index (χ0n) is 19.0. The van der Waals surface area contributed by atoms with E-state index in [1.807, 2.05) is 59.3 Å². The van der Waals surface area contributed by atoms with Crippen molar-refractivity contribution in [2.24, 2.45) is 0 Å². The molecular formula is C27H21N3O5. The summed E-state index contributed by atoms with van der Waals surface area (Å²) in [4.78, 5) is 16.2. The minimum absolute atomic E-state index is 0.0224. The fourth-order valence-electron chi connectivity index (χ4n) is 6.76. The van der Waals surface area contributed by atoms with Crippen molar-refractivity contribution in [2.75, 3.05) is 7.11 Å². The van der Waals surface area contributed by atoms with Gasteiger partial charge in [0.15, 0.2) is 11.6 Å². The maximum atomic E-state index is 13.1. The number of benzene rings is 3. The van der Waals surface area contributed by atoms with Crippen LogP contribution in [0.3, 0.4) is 0 Å². The van der Waals surface area contributed by atoms with Crippen LogP contribution in [-0.2, 0) is 20.0 Å². The van der Waals surface area contributed by atoms with Crippen LogP contribution in [0.15, 0.2) is 54.7 Å². The minimum atomic E-state index is -1.92. The number of hydrogen-bond acceptors (Lipinski definition) is 5. The SMILES string of the molecule is COC(=O)[C@@]1(O)CC2O[C@]1(C)n1c3ccccc3c3c4c[nH]c(O)c4c4c5ccccc5n2c4c31. The lowest BCUT2D eigenvalue weighted by atomic mass is 9.89. The topological polar surface area (TPSA) is 102 Å². The molecule has 174 valence electrons. The number of carbonyl (C=O) groups excluding carboxylic acids is 1. The summed E-state index contributed by atoms with van der Waals surface area (Å²) in [6.07, 6.45) is 1.21. The zero-order valence-corrected chi connectivity index (χ0v) is 19.0. The summed E-state index contributed by atoms with van der Waals surface area (Å²) in [5.41, 5.74) is 0.103. The van der Waals surface area contributed by atoms with Crippen molar-refractivity contribution < 1.29 is 24.5 Å². The van der Waals surface area contributed by atoms with Crippen LogP contribution in [0.1, 0.15) is 19.6 Å². The average Bonchev–Trinajstić information content (AvgIpc) is 3.55. The molecule has 2 bridgehead atoms. The number of aromatic nitrogens is 3. The summed E-state index contributed by atoms with van der Waals surface area (Å²) in [6.45, 7) is 1.76. The highest BCUT2D eigenvalue weighted by Gasteiger charge is 2.65. The van der Waals surface area contributed by atoms with Crippen LogP contribution in [0.4, 0.5) is 0 Å². The third-order valence-corrected chi connectivity index (χ3v) is 8.23. The summed E-state index contributed by atoms with van der Waals surface area (Å²) in [7, 11) is 1.28. The highest BCUT2D eigenvalue weighted by atomic mass is 16.6. The van der Waals surface area contributed by atoms with Crippen LogP contribution in [0.2, 0.25) is 0 Å². The van der Waals surface area contributed by atoms with Crippen molar-refractivity contribution in [3.63, 3.8) is 0 Å². The molecule has 3 N–H and O–H groups in total. The van der Waals surface area contributed by atoms with Gasteiger partial charge in [0.1, 0.15) is 6.23 Å². The van der Waals surface area contributed by atoms with Crippen LogP contribution in [0.5, 0.6) is 5.88 Å². The lowest BCUT2D eigenvalue weighted by Crippen LogP contribution is -2.56. The Kier molecular flexibility index (Phi) is 3.19. The molecule has 0 saturated carbocycles. The zero-order chi connectivity index (χ0) is 23.9. The summed E-state index contributed by atoms with van der Waals surface area (Å²) in [5.74, 6) is -0.626. The van der Waals surface area contributed by atoms with E-state index < -0.39 is 23.5 Å². The van der Waals surface area contributed by atoms with Gasteiger partial charge in [0.05, 0.1) is 34.6 Å². The molecule has 3 aromatic heterocycles. The molecule has 1 fully saturated rings. The number of fused-ring (bicyclic) bond motifs is 13. The van der Waals surface area contributed by atoms with Crippen molar-refractivity contribution in [1.29, 1.82) is 0 Å². The molecule has 8 rings (SSSR count). The minimum Gasteiger partial charge on any atom is -0.494 e. The van der Waals surface area contributed by atoms with Gasteiger partial charge in [-0.3, -0.25) is 0 Å². The van der Waals surface area contributed by atoms with Crippen molar-refractivity contribution in [3.05, 3.63) is 54.7 Å². The van der Waals surface area contributed by atoms with Crippen LogP contribution < -0.4 is 0 Å². The summed E-state index contributed by atoms with van der Waals surface area (Å²) in [5, 5.41) is 28.3. The largest absolute Gasteiger partial charge is 0.494 e. The first-order valence-electron chi connectivity index (χ1n) is 11.6. The molecule has 1 unspecified atom stereocenters. The number of esters is 1. The lowest BCUT2D eigenvalue weighted by molar-refractivity contribution is -0.202. The Morgan fingerprint density at radius 2 is 1.71 bits per heavy atom. The fourth-order valence-corrected chi connectivity index (χ4v) is 6.76. The van der Waals surface area contributed by atoms with E-state index in [0.717, 1.165) is 54.4 Å². The lowest BCUT2D eigenvalue weighted by Gasteiger charge is -2.37. The Morgan fingerprint density at radius 1 is 1.03 bits per heavy atom. The molecule has 8 heteroatoms. The van der Waals surface area contributed by atoms with Gasteiger partial charge in [-0.1, -0.05) is 36.4 Å². The molecular weight excluding hydrogens is 446 g/mol.